The van der Waals surface area contributed by atoms with Gasteiger partial charge in [0.15, 0.2) is 0 Å². The van der Waals surface area contributed by atoms with Crippen LogP contribution in [0.25, 0.3) is 89.1 Å². The SMILES string of the molecule is c1ccc(-c2cccnc2-c2c(-c3ccccc3)nnnc2-c2ccccc2-c2ccc3oc4ccccc4c3c2-c2ccccc2)cc1. The van der Waals surface area contributed by atoms with Crippen LogP contribution in [0.15, 0.2) is 174 Å². The molecule has 3 heterocycles. The minimum atomic E-state index is 0.705. The minimum Gasteiger partial charge on any atom is -0.456 e. The quantitative estimate of drug-likeness (QED) is 0.183. The van der Waals surface area contributed by atoms with E-state index in [-0.39, 0.29) is 0 Å². The van der Waals surface area contributed by atoms with Crippen molar-refractivity contribution in [2.75, 3.05) is 0 Å². The van der Waals surface area contributed by atoms with Gasteiger partial charge in [-0.1, -0.05) is 140 Å². The van der Waals surface area contributed by atoms with Crippen molar-refractivity contribution in [2.45, 2.75) is 0 Å². The van der Waals surface area contributed by atoms with E-state index in [2.05, 4.69) is 113 Å². The maximum Gasteiger partial charge on any atom is 0.136 e. The predicted molar refractivity (Wildman–Crippen MR) is 198 cm³/mol. The van der Waals surface area contributed by atoms with Crippen LogP contribution in [0.3, 0.4) is 0 Å². The molecule has 5 heteroatoms. The Labute approximate surface area is 283 Å². The molecule has 0 amide bonds. The van der Waals surface area contributed by atoms with Crippen molar-refractivity contribution in [2.24, 2.45) is 0 Å². The van der Waals surface area contributed by atoms with Crippen molar-refractivity contribution in [1.82, 2.24) is 20.4 Å². The molecule has 49 heavy (non-hydrogen) atoms. The van der Waals surface area contributed by atoms with E-state index in [0.29, 0.717) is 5.69 Å². The lowest BCUT2D eigenvalue weighted by Crippen LogP contribution is -2.03. The summed E-state index contributed by atoms with van der Waals surface area (Å²) < 4.78 is 6.38. The summed E-state index contributed by atoms with van der Waals surface area (Å²) >= 11 is 0. The molecule has 0 fully saturated rings. The topological polar surface area (TPSA) is 64.7 Å². The number of furan rings is 1. The number of aromatic nitrogens is 4. The average molecular weight is 629 g/mol. The summed E-state index contributed by atoms with van der Waals surface area (Å²) in [5, 5.41) is 16.0. The number of rotatable bonds is 6. The highest BCUT2D eigenvalue weighted by Crippen LogP contribution is 2.47. The van der Waals surface area contributed by atoms with Gasteiger partial charge in [-0.3, -0.25) is 4.98 Å². The lowest BCUT2D eigenvalue weighted by Gasteiger charge is -2.19. The Hall–Kier alpha value is -6.72. The van der Waals surface area contributed by atoms with E-state index >= 15 is 0 Å². The molecule has 0 radical (unpaired) electrons. The van der Waals surface area contributed by atoms with Gasteiger partial charge in [0.05, 0.1) is 11.3 Å². The Morgan fingerprint density at radius 3 is 1.76 bits per heavy atom. The summed E-state index contributed by atoms with van der Waals surface area (Å²) in [5.74, 6) is 0. The zero-order valence-corrected chi connectivity index (χ0v) is 26.4. The first-order valence-electron chi connectivity index (χ1n) is 16.2. The lowest BCUT2D eigenvalue weighted by atomic mass is 9.86. The second-order valence-electron chi connectivity index (χ2n) is 11.9. The van der Waals surface area contributed by atoms with Gasteiger partial charge in [0.25, 0.3) is 0 Å². The molecule has 0 aliphatic rings. The normalized spacial score (nSPS) is 11.3. The van der Waals surface area contributed by atoms with Gasteiger partial charge in [-0.25, -0.2) is 0 Å². The van der Waals surface area contributed by atoms with Crippen molar-refractivity contribution >= 4 is 21.9 Å². The lowest BCUT2D eigenvalue weighted by molar-refractivity contribution is 0.669. The standard InChI is InChI=1S/C44H28N4O/c1-4-15-29(16-5-1)32-24-14-28-45-43(32)41-42(31-19-8-3-9-20-31)46-48-47-44(41)35-22-11-10-21-33(35)34-26-27-38-40(36-23-12-13-25-37(36)49-38)39(34)30-17-6-2-7-18-30/h1-28H. The third-order valence-electron chi connectivity index (χ3n) is 9.02. The van der Waals surface area contributed by atoms with Crippen LogP contribution < -0.4 is 0 Å². The van der Waals surface area contributed by atoms with Gasteiger partial charge in [-0.2, -0.15) is 0 Å². The van der Waals surface area contributed by atoms with Crippen molar-refractivity contribution in [3.05, 3.63) is 170 Å². The number of hydrogen-bond donors (Lipinski definition) is 0. The van der Waals surface area contributed by atoms with Crippen LogP contribution in [-0.4, -0.2) is 20.4 Å². The number of pyridine rings is 1. The molecule has 9 rings (SSSR count). The van der Waals surface area contributed by atoms with Crippen LogP contribution in [0, 0.1) is 0 Å². The van der Waals surface area contributed by atoms with Crippen LogP contribution >= 0.6 is 0 Å². The molecule has 230 valence electrons. The number of para-hydroxylation sites is 1. The van der Waals surface area contributed by atoms with E-state index in [1.165, 1.54) is 0 Å². The van der Waals surface area contributed by atoms with Gasteiger partial charge in [-0.05, 0) is 51.7 Å². The maximum atomic E-state index is 6.38. The van der Waals surface area contributed by atoms with Crippen LogP contribution in [0.2, 0.25) is 0 Å². The van der Waals surface area contributed by atoms with Gasteiger partial charge < -0.3 is 4.42 Å². The predicted octanol–water partition coefficient (Wildman–Crippen LogP) is 11.2. The first-order chi connectivity index (χ1) is 24.3. The zero-order valence-electron chi connectivity index (χ0n) is 26.4. The Kier molecular flexibility index (Phi) is 7.06. The number of hydrogen-bond acceptors (Lipinski definition) is 5. The first kappa shape index (κ1) is 28.5. The highest BCUT2D eigenvalue weighted by molar-refractivity contribution is 6.16. The third kappa shape index (κ3) is 4.96. The molecule has 9 aromatic rings. The fourth-order valence-corrected chi connectivity index (χ4v) is 6.86. The number of fused-ring (bicyclic) bond motifs is 3. The molecule has 0 N–H and O–H groups in total. The number of benzene rings is 6. The van der Waals surface area contributed by atoms with Crippen molar-refractivity contribution in [3.63, 3.8) is 0 Å². The van der Waals surface area contributed by atoms with Gasteiger partial charge >= 0.3 is 0 Å². The van der Waals surface area contributed by atoms with Crippen LogP contribution in [-0.2, 0) is 0 Å². The molecule has 0 saturated carbocycles. The van der Waals surface area contributed by atoms with E-state index in [0.717, 1.165) is 83.4 Å². The van der Waals surface area contributed by atoms with Crippen LogP contribution in [0.1, 0.15) is 0 Å². The molecule has 6 aromatic carbocycles. The van der Waals surface area contributed by atoms with Crippen LogP contribution in [0.4, 0.5) is 0 Å². The number of nitrogens with zero attached hydrogens (tertiary/aromatic N) is 4. The Morgan fingerprint density at radius 2 is 0.980 bits per heavy atom. The molecule has 0 saturated heterocycles. The molecule has 3 aromatic heterocycles. The van der Waals surface area contributed by atoms with Gasteiger partial charge in [0.2, 0.25) is 0 Å². The van der Waals surface area contributed by atoms with Crippen molar-refractivity contribution in [1.29, 1.82) is 0 Å². The fraction of sp³-hybridized carbons (Fsp3) is 0. The first-order valence-corrected chi connectivity index (χ1v) is 16.2. The van der Waals surface area contributed by atoms with Gasteiger partial charge in [0.1, 0.15) is 22.6 Å². The second kappa shape index (κ2) is 12.1. The monoisotopic (exact) mass is 628 g/mol. The summed E-state index contributed by atoms with van der Waals surface area (Å²) in [5.41, 5.74) is 13.0. The minimum absolute atomic E-state index is 0.705. The van der Waals surface area contributed by atoms with E-state index < -0.39 is 0 Å². The molecule has 0 bridgehead atoms. The highest BCUT2D eigenvalue weighted by atomic mass is 16.3. The largest absolute Gasteiger partial charge is 0.456 e. The third-order valence-corrected chi connectivity index (χ3v) is 9.02. The van der Waals surface area contributed by atoms with Crippen molar-refractivity contribution in [3.8, 4) is 67.2 Å². The smallest absolute Gasteiger partial charge is 0.136 e. The zero-order chi connectivity index (χ0) is 32.6. The summed E-state index contributed by atoms with van der Waals surface area (Å²) in [7, 11) is 0. The van der Waals surface area contributed by atoms with E-state index in [1.54, 1.807) is 0 Å². The van der Waals surface area contributed by atoms with E-state index in [4.69, 9.17) is 14.5 Å². The molecule has 0 spiro atoms. The average Bonchev–Trinajstić information content (AvgIpc) is 3.57. The Balaban J connectivity index is 1.37. The molecule has 0 atom stereocenters. The Morgan fingerprint density at radius 1 is 0.367 bits per heavy atom. The van der Waals surface area contributed by atoms with E-state index in [1.807, 2.05) is 66.9 Å². The van der Waals surface area contributed by atoms with Gasteiger partial charge in [0, 0.05) is 39.2 Å². The molecule has 0 aliphatic carbocycles. The van der Waals surface area contributed by atoms with E-state index in [9.17, 15) is 0 Å². The maximum absolute atomic E-state index is 6.38. The fourth-order valence-electron chi connectivity index (χ4n) is 6.86. The summed E-state index contributed by atoms with van der Waals surface area (Å²) in [6.07, 6.45) is 1.83. The molecule has 5 nitrogen and oxygen atoms in total. The summed E-state index contributed by atoms with van der Waals surface area (Å²) in [4.78, 5) is 5.01. The van der Waals surface area contributed by atoms with Crippen LogP contribution in [0.5, 0.6) is 0 Å². The molecule has 0 unspecified atom stereocenters. The second-order valence-corrected chi connectivity index (χ2v) is 11.9. The summed E-state index contributed by atoms with van der Waals surface area (Å²) in [6, 6.07) is 56.0. The summed E-state index contributed by atoms with van der Waals surface area (Å²) in [6.45, 7) is 0. The Bertz CT molecular complexity index is 2600. The van der Waals surface area contributed by atoms with Crippen molar-refractivity contribution < 1.29 is 4.42 Å². The highest BCUT2D eigenvalue weighted by Gasteiger charge is 2.25. The molecule has 0 aliphatic heterocycles. The molecular formula is C44H28N4O. The molecular weight excluding hydrogens is 601 g/mol. The van der Waals surface area contributed by atoms with Gasteiger partial charge in [-0.15, -0.1) is 10.2 Å².